The van der Waals surface area contributed by atoms with Crippen LogP contribution in [-0.4, -0.2) is 41.6 Å². The lowest BCUT2D eigenvalue weighted by molar-refractivity contribution is 0.0905. The Morgan fingerprint density at radius 1 is 1.17 bits per heavy atom. The predicted molar refractivity (Wildman–Crippen MR) is 79.2 cm³/mol. The highest BCUT2D eigenvalue weighted by Gasteiger charge is 2.38. The second-order valence-corrected chi connectivity index (χ2v) is 6.70. The van der Waals surface area contributed by atoms with Crippen molar-refractivity contribution in [2.24, 2.45) is 5.73 Å². The summed E-state index contributed by atoms with van der Waals surface area (Å²) in [5.74, 6) is 2.53. The van der Waals surface area contributed by atoms with Crippen LogP contribution in [0.4, 0.5) is 0 Å². The van der Waals surface area contributed by atoms with Gasteiger partial charge in [-0.15, -0.1) is 0 Å². The van der Waals surface area contributed by atoms with Gasteiger partial charge in [-0.05, 0) is 30.4 Å². The number of hydrogen-bond donors (Lipinski definition) is 1. The van der Waals surface area contributed by atoms with Crippen molar-refractivity contribution in [1.82, 2.24) is 4.90 Å². The van der Waals surface area contributed by atoms with Crippen LogP contribution < -0.4 is 5.73 Å². The first kappa shape index (κ1) is 12.5. The van der Waals surface area contributed by atoms with Crippen molar-refractivity contribution in [3.8, 4) is 0 Å². The van der Waals surface area contributed by atoms with Gasteiger partial charge in [-0.1, -0.05) is 24.3 Å². The molecule has 1 unspecified atom stereocenters. The van der Waals surface area contributed by atoms with Gasteiger partial charge in [-0.3, -0.25) is 4.90 Å². The quantitative estimate of drug-likeness (QED) is 0.883. The number of nitrogens with zero attached hydrogens (tertiary/aromatic N) is 1. The molecule has 3 heteroatoms. The summed E-state index contributed by atoms with van der Waals surface area (Å²) in [5.41, 5.74) is 9.47. The Morgan fingerprint density at radius 2 is 1.89 bits per heavy atom. The average Bonchev–Trinajstić information content (AvgIpc) is 2.47. The number of fused-ring (bicyclic) bond motifs is 1. The van der Waals surface area contributed by atoms with Crippen LogP contribution in [0.3, 0.4) is 0 Å². The summed E-state index contributed by atoms with van der Waals surface area (Å²) < 4.78 is 0. The topological polar surface area (TPSA) is 29.3 Å². The van der Waals surface area contributed by atoms with Crippen LogP contribution in [-0.2, 0) is 12.8 Å². The molecule has 2 N–H and O–H groups in total. The highest BCUT2D eigenvalue weighted by atomic mass is 32.2. The third-order valence-corrected chi connectivity index (χ3v) is 5.50. The Morgan fingerprint density at radius 3 is 2.61 bits per heavy atom. The average molecular weight is 262 g/mol. The fraction of sp³-hybridized carbons (Fsp3) is 0.600. The van der Waals surface area contributed by atoms with Gasteiger partial charge in [0.2, 0.25) is 0 Å². The Kier molecular flexibility index (Phi) is 3.64. The van der Waals surface area contributed by atoms with Gasteiger partial charge in [0, 0.05) is 36.7 Å². The maximum Gasteiger partial charge on any atom is 0.0375 e. The van der Waals surface area contributed by atoms with Crippen LogP contribution in [0.25, 0.3) is 0 Å². The molecular weight excluding hydrogens is 240 g/mol. The van der Waals surface area contributed by atoms with Crippen molar-refractivity contribution in [3.63, 3.8) is 0 Å². The van der Waals surface area contributed by atoms with Crippen molar-refractivity contribution in [2.75, 3.05) is 31.1 Å². The Balaban J connectivity index is 1.85. The number of rotatable bonds is 2. The van der Waals surface area contributed by atoms with E-state index in [1.165, 1.54) is 48.6 Å². The number of nitrogens with two attached hydrogens (primary N) is 1. The predicted octanol–water partition coefficient (Wildman–Crippen LogP) is 1.92. The van der Waals surface area contributed by atoms with Gasteiger partial charge in [0.05, 0.1) is 0 Å². The minimum absolute atomic E-state index is 0.231. The van der Waals surface area contributed by atoms with E-state index < -0.39 is 0 Å². The molecule has 0 radical (unpaired) electrons. The number of hydrogen-bond acceptors (Lipinski definition) is 3. The van der Waals surface area contributed by atoms with E-state index in [1.807, 2.05) is 0 Å². The van der Waals surface area contributed by atoms with Crippen LogP contribution in [0.2, 0.25) is 0 Å². The largest absolute Gasteiger partial charge is 0.329 e. The minimum Gasteiger partial charge on any atom is -0.329 e. The van der Waals surface area contributed by atoms with Crippen molar-refractivity contribution in [3.05, 3.63) is 35.4 Å². The van der Waals surface area contributed by atoms with Gasteiger partial charge in [0.15, 0.2) is 0 Å². The third kappa shape index (κ3) is 2.20. The van der Waals surface area contributed by atoms with E-state index >= 15 is 0 Å². The first-order chi connectivity index (χ1) is 8.84. The molecule has 0 bridgehead atoms. The number of benzene rings is 1. The molecule has 18 heavy (non-hydrogen) atoms. The van der Waals surface area contributed by atoms with Crippen LogP contribution in [0, 0.1) is 0 Å². The van der Waals surface area contributed by atoms with Crippen molar-refractivity contribution in [2.45, 2.75) is 24.8 Å². The van der Waals surface area contributed by atoms with Crippen LogP contribution in [0.5, 0.6) is 0 Å². The fourth-order valence-corrected chi connectivity index (χ4v) is 4.30. The summed E-state index contributed by atoms with van der Waals surface area (Å²) in [4.78, 5) is 2.67. The maximum absolute atomic E-state index is 6.18. The van der Waals surface area contributed by atoms with E-state index in [4.69, 9.17) is 5.73 Å². The lowest BCUT2D eigenvalue weighted by atomic mass is 9.76. The molecule has 1 fully saturated rings. The normalized spacial score (nSPS) is 28.9. The fourth-order valence-electron chi connectivity index (χ4n) is 3.40. The van der Waals surface area contributed by atoms with E-state index in [9.17, 15) is 0 Å². The zero-order valence-electron chi connectivity index (χ0n) is 10.9. The van der Waals surface area contributed by atoms with Gasteiger partial charge < -0.3 is 5.73 Å². The summed E-state index contributed by atoms with van der Waals surface area (Å²) >= 11 is 2.07. The number of aryl methyl sites for hydroxylation is 1. The zero-order chi connectivity index (χ0) is 12.4. The molecule has 1 aromatic rings. The molecular formula is C15H22N2S. The van der Waals surface area contributed by atoms with Crippen LogP contribution >= 0.6 is 11.8 Å². The molecule has 0 saturated carbocycles. The second kappa shape index (κ2) is 5.24. The Hall–Kier alpha value is -0.510. The van der Waals surface area contributed by atoms with E-state index in [0.29, 0.717) is 0 Å². The lowest BCUT2D eigenvalue weighted by Gasteiger charge is -2.48. The van der Waals surface area contributed by atoms with Gasteiger partial charge in [0.1, 0.15) is 0 Å². The van der Waals surface area contributed by atoms with Crippen molar-refractivity contribution < 1.29 is 0 Å². The summed E-state index contributed by atoms with van der Waals surface area (Å²) in [6.45, 7) is 3.22. The Labute approximate surface area is 114 Å². The van der Waals surface area contributed by atoms with Crippen LogP contribution in [0.15, 0.2) is 24.3 Å². The monoisotopic (exact) mass is 262 g/mol. The molecule has 1 aliphatic carbocycles. The van der Waals surface area contributed by atoms with E-state index in [0.717, 1.165) is 13.0 Å². The summed E-state index contributed by atoms with van der Waals surface area (Å²) in [6, 6.07) is 8.89. The lowest BCUT2D eigenvalue weighted by Crippen LogP contribution is -2.59. The molecule has 1 saturated heterocycles. The van der Waals surface area contributed by atoms with Gasteiger partial charge >= 0.3 is 0 Å². The first-order valence-corrected chi connectivity index (χ1v) is 8.09. The highest BCUT2D eigenvalue weighted by molar-refractivity contribution is 7.99. The maximum atomic E-state index is 6.18. The SMILES string of the molecule is NCC1(N2CCSCC2)CCc2ccccc2C1. The molecule has 1 heterocycles. The summed E-state index contributed by atoms with van der Waals surface area (Å²) in [7, 11) is 0. The molecule has 98 valence electrons. The van der Waals surface area contributed by atoms with E-state index in [2.05, 4.69) is 40.9 Å². The minimum atomic E-state index is 0.231. The van der Waals surface area contributed by atoms with Crippen molar-refractivity contribution >= 4 is 11.8 Å². The Bertz CT molecular complexity index is 415. The number of thioether (sulfide) groups is 1. The van der Waals surface area contributed by atoms with Gasteiger partial charge in [-0.2, -0.15) is 11.8 Å². The molecule has 1 aliphatic heterocycles. The molecule has 3 rings (SSSR count). The highest BCUT2D eigenvalue weighted by Crippen LogP contribution is 2.34. The summed E-state index contributed by atoms with van der Waals surface area (Å²) in [5, 5.41) is 0. The van der Waals surface area contributed by atoms with Crippen molar-refractivity contribution in [1.29, 1.82) is 0 Å². The first-order valence-electron chi connectivity index (χ1n) is 6.94. The standard InChI is InChI=1S/C15H22N2S/c16-12-15(17-7-9-18-10-8-17)6-5-13-3-1-2-4-14(13)11-15/h1-4H,5-12,16H2. The summed E-state index contributed by atoms with van der Waals surface area (Å²) in [6.07, 6.45) is 3.56. The smallest absolute Gasteiger partial charge is 0.0375 e. The molecule has 0 aromatic heterocycles. The van der Waals surface area contributed by atoms with Gasteiger partial charge in [-0.25, -0.2) is 0 Å². The van der Waals surface area contributed by atoms with Gasteiger partial charge in [0.25, 0.3) is 0 Å². The zero-order valence-corrected chi connectivity index (χ0v) is 11.7. The molecule has 1 atom stereocenters. The van der Waals surface area contributed by atoms with E-state index in [1.54, 1.807) is 0 Å². The second-order valence-electron chi connectivity index (χ2n) is 5.47. The molecule has 0 amide bonds. The third-order valence-electron chi connectivity index (χ3n) is 4.56. The van der Waals surface area contributed by atoms with Crippen LogP contribution in [0.1, 0.15) is 17.5 Å². The molecule has 2 nitrogen and oxygen atoms in total. The molecule has 2 aliphatic rings. The molecule has 1 aromatic carbocycles. The molecule has 0 spiro atoms. The van der Waals surface area contributed by atoms with E-state index in [-0.39, 0.29) is 5.54 Å².